The summed E-state index contributed by atoms with van der Waals surface area (Å²) in [5, 5.41) is 21.6. The van der Waals surface area contributed by atoms with Crippen molar-refractivity contribution in [3.63, 3.8) is 0 Å². The number of hydrogen-bond donors (Lipinski definition) is 3. The first kappa shape index (κ1) is 12.5. The molecular weight excluding hydrogens is 238 g/mol. The molecule has 1 heterocycles. The Morgan fingerprint density at radius 2 is 2.40 bits per heavy atom. The monoisotopic (exact) mass is 249 g/mol. The molecule has 0 radical (unpaired) electrons. The number of rotatable bonds is 5. The summed E-state index contributed by atoms with van der Waals surface area (Å²) >= 11 is 7.14. The Morgan fingerprint density at radius 3 is 3.00 bits per heavy atom. The van der Waals surface area contributed by atoms with Gasteiger partial charge in [-0.15, -0.1) is 11.8 Å². The maximum Gasteiger partial charge on any atom is 0.223 e. The van der Waals surface area contributed by atoms with Gasteiger partial charge in [-0.2, -0.15) is 0 Å². The Bertz CT molecular complexity index is 327. The highest BCUT2D eigenvalue weighted by Crippen LogP contribution is 2.25. The molecule has 1 rings (SSSR count). The van der Waals surface area contributed by atoms with Crippen LogP contribution in [0.15, 0.2) is 11.2 Å². The predicted molar refractivity (Wildman–Crippen MR) is 60.4 cm³/mol. The smallest absolute Gasteiger partial charge is 0.223 e. The minimum atomic E-state index is -0.765. The van der Waals surface area contributed by atoms with Crippen LogP contribution >= 0.6 is 23.4 Å². The van der Waals surface area contributed by atoms with Gasteiger partial charge < -0.3 is 15.5 Å². The van der Waals surface area contributed by atoms with Crippen LogP contribution in [0.1, 0.15) is 0 Å². The zero-order chi connectivity index (χ0) is 11.3. The third-order valence-electron chi connectivity index (χ3n) is 1.56. The number of nitrogens with one attached hydrogen (secondary N) is 1. The summed E-state index contributed by atoms with van der Waals surface area (Å²) in [6.07, 6.45) is 0.729. The number of hydrogen-bond acceptors (Lipinski definition) is 6. The van der Waals surface area contributed by atoms with E-state index in [4.69, 9.17) is 21.8 Å². The van der Waals surface area contributed by atoms with Gasteiger partial charge in [0, 0.05) is 12.8 Å². The summed E-state index contributed by atoms with van der Waals surface area (Å²) in [5.41, 5.74) is 0. The van der Waals surface area contributed by atoms with Gasteiger partial charge in [-0.05, 0) is 0 Å². The Labute approximate surface area is 96.9 Å². The minimum absolute atomic E-state index is 0.269. The van der Waals surface area contributed by atoms with Crippen LogP contribution in [-0.4, -0.2) is 45.7 Å². The molecule has 5 nitrogen and oxygen atoms in total. The lowest BCUT2D eigenvalue weighted by Crippen LogP contribution is -2.14. The number of aliphatic hydroxyl groups excluding tert-OH is 2. The van der Waals surface area contributed by atoms with E-state index in [1.807, 2.05) is 0 Å². The molecule has 0 aliphatic carbocycles. The van der Waals surface area contributed by atoms with Crippen molar-refractivity contribution in [3.05, 3.63) is 11.2 Å². The van der Waals surface area contributed by atoms with Crippen LogP contribution in [0.5, 0.6) is 0 Å². The van der Waals surface area contributed by atoms with Crippen LogP contribution in [0, 0.1) is 0 Å². The standard InChI is InChI=1S/C8H12ClN3O2S/c1-10-8-11-2-6(9)7(12-8)15-4-5(14)3-13/h2,5,13-14H,3-4H2,1H3,(H,10,11,12). The van der Waals surface area contributed by atoms with Gasteiger partial charge in [0.25, 0.3) is 0 Å². The third-order valence-corrected chi connectivity index (χ3v) is 3.08. The lowest BCUT2D eigenvalue weighted by Gasteiger charge is -2.07. The maximum atomic E-state index is 9.16. The fourth-order valence-corrected chi connectivity index (χ4v) is 1.85. The fourth-order valence-electron chi connectivity index (χ4n) is 0.801. The summed E-state index contributed by atoms with van der Waals surface area (Å²) < 4.78 is 0. The van der Waals surface area contributed by atoms with E-state index >= 15 is 0 Å². The zero-order valence-corrected chi connectivity index (χ0v) is 9.72. The molecule has 1 aromatic rings. The highest BCUT2D eigenvalue weighted by Gasteiger charge is 2.08. The largest absolute Gasteiger partial charge is 0.394 e. The van der Waals surface area contributed by atoms with Crippen molar-refractivity contribution in [2.75, 3.05) is 24.7 Å². The van der Waals surface area contributed by atoms with Crippen molar-refractivity contribution in [2.45, 2.75) is 11.1 Å². The third kappa shape index (κ3) is 3.83. The molecule has 1 atom stereocenters. The molecule has 15 heavy (non-hydrogen) atoms. The Hall–Kier alpha value is -0.560. The first-order chi connectivity index (χ1) is 7.17. The van der Waals surface area contributed by atoms with Crippen molar-refractivity contribution in [1.82, 2.24) is 9.97 Å². The Balaban J connectivity index is 2.66. The van der Waals surface area contributed by atoms with Gasteiger partial charge in [-0.25, -0.2) is 9.97 Å². The van der Waals surface area contributed by atoms with Crippen LogP contribution in [-0.2, 0) is 0 Å². The van der Waals surface area contributed by atoms with Gasteiger partial charge in [-0.1, -0.05) is 11.6 Å². The SMILES string of the molecule is CNc1ncc(Cl)c(SCC(O)CO)n1. The molecule has 0 saturated heterocycles. The molecule has 0 aliphatic heterocycles. The molecule has 84 valence electrons. The Kier molecular flexibility index (Phi) is 5.10. The summed E-state index contributed by atoms with van der Waals surface area (Å²) in [5.74, 6) is 0.816. The van der Waals surface area contributed by atoms with Gasteiger partial charge >= 0.3 is 0 Å². The molecule has 3 N–H and O–H groups in total. The summed E-state index contributed by atoms with van der Waals surface area (Å²) in [7, 11) is 1.71. The number of aromatic nitrogens is 2. The van der Waals surface area contributed by atoms with Crippen molar-refractivity contribution in [3.8, 4) is 0 Å². The van der Waals surface area contributed by atoms with Crippen LogP contribution in [0.2, 0.25) is 5.02 Å². The van der Waals surface area contributed by atoms with Crippen molar-refractivity contribution >= 4 is 29.3 Å². The van der Waals surface area contributed by atoms with Crippen molar-refractivity contribution in [1.29, 1.82) is 0 Å². The van der Waals surface area contributed by atoms with E-state index in [0.717, 1.165) is 0 Å². The minimum Gasteiger partial charge on any atom is -0.394 e. The fraction of sp³-hybridized carbons (Fsp3) is 0.500. The molecule has 1 unspecified atom stereocenters. The highest BCUT2D eigenvalue weighted by atomic mass is 35.5. The second-order valence-electron chi connectivity index (χ2n) is 2.74. The predicted octanol–water partition coefficient (Wildman–Crippen LogP) is 0.617. The zero-order valence-electron chi connectivity index (χ0n) is 8.14. The molecule has 0 saturated carbocycles. The van der Waals surface area contributed by atoms with Gasteiger partial charge in [0.15, 0.2) is 0 Å². The maximum absolute atomic E-state index is 9.16. The number of aliphatic hydroxyl groups is 2. The molecular formula is C8H12ClN3O2S. The van der Waals surface area contributed by atoms with E-state index in [9.17, 15) is 0 Å². The van der Waals surface area contributed by atoms with Crippen LogP contribution in [0.3, 0.4) is 0 Å². The van der Waals surface area contributed by atoms with Gasteiger partial charge in [0.2, 0.25) is 5.95 Å². The molecule has 0 bridgehead atoms. The van der Waals surface area contributed by atoms with E-state index in [1.54, 1.807) is 7.05 Å². The van der Waals surface area contributed by atoms with Crippen LogP contribution in [0.4, 0.5) is 5.95 Å². The normalized spacial score (nSPS) is 12.5. The second kappa shape index (κ2) is 6.12. The molecule has 0 amide bonds. The van der Waals surface area contributed by atoms with Crippen LogP contribution < -0.4 is 5.32 Å². The van der Waals surface area contributed by atoms with Gasteiger partial charge in [-0.3, -0.25) is 0 Å². The van der Waals surface area contributed by atoms with Gasteiger partial charge in [0.05, 0.1) is 23.9 Å². The second-order valence-corrected chi connectivity index (χ2v) is 4.16. The number of anilines is 1. The van der Waals surface area contributed by atoms with E-state index in [-0.39, 0.29) is 6.61 Å². The van der Waals surface area contributed by atoms with Gasteiger partial charge in [0.1, 0.15) is 5.03 Å². The lowest BCUT2D eigenvalue weighted by atomic mass is 10.4. The average Bonchev–Trinajstić information content (AvgIpc) is 2.27. The quantitative estimate of drug-likeness (QED) is 0.525. The van der Waals surface area contributed by atoms with Crippen molar-refractivity contribution in [2.24, 2.45) is 0 Å². The van der Waals surface area contributed by atoms with E-state index < -0.39 is 6.10 Å². The first-order valence-corrected chi connectivity index (χ1v) is 5.65. The number of halogens is 1. The lowest BCUT2D eigenvalue weighted by molar-refractivity contribution is 0.113. The molecule has 1 aromatic heterocycles. The summed E-state index contributed by atoms with van der Waals surface area (Å²) in [6.45, 7) is -0.269. The van der Waals surface area contributed by atoms with Crippen LogP contribution in [0.25, 0.3) is 0 Å². The average molecular weight is 250 g/mol. The Morgan fingerprint density at radius 1 is 1.67 bits per heavy atom. The number of nitrogens with zero attached hydrogens (tertiary/aromatic N) is 2. The van der Waals surface area contributed by atoms with Crippen molar-refractivity contribution < 1.29 is 10.2 Å². The van der Waals surface area contributed by atoms with E-state index in [2.05, 4.69) is 15.3 Å². The highest BCUT2D eigenvalue weighted by molar-refractivity contribution is 7.99. The summed E-state index contributed by atoms with van der Waals surface area (Å²) in [6, 6.07) is 0. The molecule has 0 spiro atoms. The topological polar surface area (TPSA) is 78.3 Å². The van der Waals surface area contributed by atoms with E-state index in [0.29, 0.717) is 21.7 Å². The van der Waals surface area contributed by atoms with E-state index in [1.165, 1.54) is 18.0 Å². The molecule has 0 fully saturated rings. The first-order valence-electron chi connectivity index (χ1n) is 4.29. The molecule has 7 heteroatoms. The summed E-state index contributed by atoms with van der Waals surface area (Å²) in [4.78, 5) is 8.04. The molecule has 0 aliphatic rings. The molecule has 0 aromatic carbocycles. The number of thioether (sulfide) groups is 1.